The molecule has 0 atom stereocenters. The van der Waals surface area contributed by atoms with Crippen molar-refractivity contribution < 1.29 is 13.2 Å². The minimum absolute atomic E-state index is 0. The van der Waals surface area contributed by atoms with E-state index in [9.17, 15) is 8.42 Å². The number of hydrogen-bond donors (Lipinski definition) is 3. The Kier molecular flexibility index (Phi) is 13.5. The molecule has 0 bridgehead atoms. The molecule has 0 aliphatic rings. The van der Waals surface area contributed by atoms with Gasteiger partial charge in [0, 0.05) is 26.7 Å². The number of rotatable bonds is 12. The average molecular weight is 575 g/mol. The Morgan fingerprint density at radius 3 is 2.25 bits per heavy atom. The highest BCUT2D eigenvalue weighted by molar-refractivity contribution is 14.0. The number of methoxy groups -OCH3 is 1. The molecule has 0 amide bonds. The molecule has 0 unspecified atom stereocenters. The molecule has 9 heteroatoms. The molecule has 0 spiro atoms. The summed E-state index contributed by atoms with van der Waals surface area (Å²) in [5.74, 6) is 0.743. The Labute approximate surface area is 209 Å². The lowest BCUT2D eigenvalue weighted by molar-refractivity contribution is 0.204. The number of benzene rings is 2. The fraction of sp³-hybridized carbons (Fsp3) is 0.435. The van der Waals surface area contributed by atoms with Gasteiger partial charge in [0.1, 0.15) is 0 Å². The first-order chi connectivity index (χ1) is 14.9. The molecule has 3 N–H and O–H groups in total. The number of nitrogens with zero attached hydrogens (tertiary/aromatic N) is 1. The summed E-state index contributed by atoms with van der Waals surface area (Å²) < 4.78 is 31.9. The standard InChI is InChI=1S/C23H34N4O3S.HI/c1-4-5-14-24-23(25-17-20-8-6-19(2)7-9-20)26-18-21-10-12-22(13-11-21)31(28,29)27-15-16-30-3;/h6-13,27H,4-5,14-18H2,1-3H3,(H2,24,25,26);1H. The first kappa shape index (κ1) is 28.3. The van der Waals surface area contributed by atoms with Gasteiger partial charge in [0.15, 0.2) is 5.96 Å². The molecule has 178 valence electrons. The Balaban J connectivity index is 0.00000512. The van der Waals surface area contributed by atoms with E-state index in [1.807, 2.05) is 0 Å². The molecule has 0 radical (unpaired) electrons. The molecule has 2 aromatic rings. The lowest BCUT2D eigenvalue weighted by atomic mass is 10.1. The van der Waals surface area contributed by atoms with Crippen molar-refractivity contribution in [1.29, 1.82) is 0 Å². The van der Waals surface area contributed by atoms with E-state index in [0.29, 0.717) is 19.7 Å². The fourth-order valence-corrected chi connectivity index (χ4v) is 3.77. The topological polar surface area (TPSA) is 91.8 Å². The maximum absolute atomic E-state index is 12.3. The molecule has 32 heavy (non-hydrogen) atoms. The van der Waals surface area contributed by atoms with Crippen LogP contribution >= 0.6 is 24.0 Å². The van der Waals surface area contributed by atoms with Crippen molar-refractivity contribution >= 4 is 40.0 Å². The van der Waals surface area contributed by atoms with Crippen molar-refractivity contribution in [3.63, 3.8) is 0 Å². The summed E-state index contributed by atoms with van der Waals surface area (Å²) in [6, 6.07) is 15.2. The van der Waals surface area contributed by atoms with Crippen molar-refractivity contribution in [2.45, 2.75) is 44.7 Å². The lowest BCUT2D eigenvalue weighted by Gasteiger charge is -2.13. The molecular formula is C23H35IN4O3S. The number of sulfonamides is 1. The average Bonchev–Trinajstić information content (AvgIpc) is 2.77. The molecule has 0 aliphatic heterocycles. The Morgan fingerprint density at radius 2 is 1.62 bits per heavy atom. The van der Waals surface area contributed by atoms with Crippen LogP contribution in [0, 0.1) is 6.92 Å². The molecule has 0 aromatic heterocycles. The Hall–Kier alpha value is -1.69. The van der Waals surface area contributed by atoms with Gasteiger partial charge in [-0.1, -0.05) is 55.3 Å². The Bertz CT molecular complexity index is 917. The van der Waals surface area contributed by atoms with E-state index in [4.69, 9.17) is 4.74 Å². The highest BCUT2D eigenvalue weighted by Crippen LogP contribution is 2.11. The van der Waals surface area contributed by atoms with E-state index in [2.05, 4.69) is 58.5 Å². The summed E-state index contributed by atoms with van der Waals surface area (Å²) in [6.45, 7) is 6.77. The van der Waals surface area contributed by atoms with Crippen LogP contribution in [0.5, 0.6) is 0 Å². The second-order valence-corrected chi connectivity index (χ2v) is 9.09. The Morgan fingerprint density at radius 1 is 0.969 bits per heavy atom. The highest BCUT2D eigenvalue weighted by Gasteiger charge is 2.12. The number of nitrogens with one attached hydrogen (secondary N) is 3. The number of ether oxygens (including phenoxy) is 1. The zero-order valence-corrected chi connectivity index (χ0v) is 22.2. The van der Waals surface area contributed by atoms with Crippen LogP contribution in [0.2, 0.25) is 0 Å². The van der Waals surface area contributed by atoms with Crippen molar-refractivity contribution in [2.24, 2.45) is 4.99 Å². The molecule has 0 saturated carbocycles. The van der Waals surface area contributed by atoms with E-state index < -0.39 is 10.0 Å². The molecule has 0 fully saturated rings. The predicted molar refractivity (Wildman–Crippen MR) is 141 cm³/mol. The van der Waals surface area contributed by atoms with E-state index in [1.165, 1.54) is 18.2 Å². The third kappa shape index (κ3) is 10.3. The van der Waals surface area contributed by atoms with Gasteiger partial charge in [-0.15, -0.1) is 24.0 Å². The van der Waals surface area contributed by atoms with Crippen LogP contribution < -0.4 is 15.4 Å². The molecule has 2 rings (SSSR count). The zero-order chi connectivity index (χ0) is 22.5. The van der Waals surface area contributed by atoms with E-state index in [-0.39, 0.29) is 35.4 Å². The minimum atomic E-state index is -3.53. The molecular weight excluding hydrogens is 539 g/mol. The number of halogens is 1. The van der Waals surface area contributed by atoms with E-state index in [0.717, 1.165) is 30.9 Å². The van der Waals surface area contributed by atoms with Crippen LogP contribution in [-0.2, 0) is 27.8 Å². The van der Waals surface area contributed by atoms with Crippen molar-refractivity contribution in [3.05, 3.63) is 65.2 Å². The monoisotopic (exact) mass is 574 g/mol. The minimum Gasteiger partial charge on any atom is -0.383 e. The van der Waals surface area contributed by atoms with Gasteiger partial charge in [0.2, 0.25) is 10.0 Å². The second-order valence-electron chi connectivity index (χ2n) is 7.32. The summed E-state index contributed by atoms with van der Waals surface area (Å²) in [7, 11) is -2.00. The van der Waals surface area contributed by atoms with Gasteiger partial charge in [-0.25, -0.2) is 18.1 Å². The number of hydrogen-bond acceptors (Lipinski definition) is 4. The first-order valence-electron chi connectivity index (χ1n) is 10.6. The van der Waals surface area contributed by atoms with Crippen molar-refractivity contribution in [2.75, 3.05) is 26.8 Å². The third-order valence-electron chi connectivity index (χ3n) is 4.66. The van der Waals surface area contributed by atoms with Gasteiger partial charge in [-0.2, -0.15) is 0 Å². The van der Waals surface area contributed by atoms with Gasteiger partial charge in [-0.05, 0) is 36.6 Å². The molecule has 7 nitrogen and oxygen atoms in total. The van der Waals surface area contributed by atoms with Crippen molar-refractivity contribution in [1.82, 2.24) is 15.4 Å². The number of aliphatic imine (C=N–C) groups is 1. The van der Waals surface area contributed by atoms with E-state index >= 15 is 0 Å². The van der Waals surface area contributed by atoms with Crippen LogP contribution in [-0.4, -0.2) is 41.2 Å². The van der Waals surface area contributed by atoms with Gasteiger partial charge in [-0.3, -0.25) is 0 Å². The maximum Gasteiger partial charge on any atom is 0.240 e. The number of guanidine groups is 1. The van der Waals surface area contributed by atoms with Gasteiger partial charge in [0.25, 0.3) is 0 Å². The fourth-order valence-electron chi connectivity index (χ4n) is 2.76. The van der Waals surface area contributed by atoms with Gasteiger partial charge < -0.3 is 15.4 Å². The largest absolute Gasteiger partial charge is 0.383 e. The molecule has 0 saturated heterocycles. The smallest absolute Gasteiger partial charge is 0.240 e. The maximum atomic E-state index is 12.3. The highest BCUT2D eigenvalue weighted by atomic mass is 127. The summed E-state index contributed by atoms with van der Waals surface area (Å²) >= 11 is 0. The third-order valence-corrected chi connectivity index (χ3v) is 6.13. The molecule has 2 aromatic carbocycles. The van der Waals surface area contributed by atoms with Crippen LogP contribution in [0.25, 0.3) is 0 Å². The van der Waals surface area contributed by atoms with Gasteiger partial charge in [0.05, 0.1) is 18.0 Å². The second kappa shape index (κ2) is 15.2. The summed E-state index contributed by atoms with van der Waals surface area (Å²) in [5.41, 5.74) is 3.35. The zero-order valence-electron chi connectivity index (χ0n) is 19.1. The van der Waals surface area contributed by atoms with E-state index in [1.54, 1.807) is 24.3 Å². The summed E-state index contributed by atoms with van der Waals surface area (Å²) in [6.07, 6.45) is 2.17. The summed E-state index contributed by atoms with van der Waals surface area (Å²) in [5, 5.41) is 6.73. The van der Waals surface area contributed by atoms with Crippen LogP contribution in [0.1, 0.15) is 36.5 Å². The van der Waals surface area contributed by atoms with Crippen LogP contribution in [0.15, 0.2) is 58.4 Å². The number of aryl methyl sites for hydroxylation is 1. The van der Waals surface area contributed by atoms with Crippen LogP contribution in [0.4, 0.5) is 0 Å². The number of unbranched alkanes of at least 4 members (excludes halogenated alkanes) is 1. The normalized spacial score (nSPS) is 11.7. The van der Waals surface area contributed by atoms with Gasteiger partial charge >= 0.3 is 0 Å². The summed E-state index contributed by atoms with van der Waals surface area (Å²) in [4.78, 5) is 4.90. The SMILES string of the molecule is CCCCNC(=NCc1ccc(S(=O)(=O)NCCOC)cc1)NCc1ccc(C)cc1.I. The van der Waals surface area contributed by atoms with Crippen LogP contribution in [0.3, 0.4) is 0 Å². The predicted octanol–water partition coefficient (Wildman–Crippen LogP) is 3.57. The molecule has 0 aliphatic carbocycles. The lowest BCUT2D eigenvalue weighted by Crippen LogP contribution is -2.37. The van der Waals surface area contributed by atoms with Crippen molar-refractivity contribution in [3.8, 4) is 0 Å². The molecule has 0 heterocycles. The quantitative estimate of drug-likeness (QED) is 0.156. The first-order valence-corrected chi connectivity index (χ1v) is 12.1.